The van der Waals surface area contributed by atoms with Crippen molar-refractivity contribution in [2.24, 2.45) is 0 Å². The number of benzene rings is 1. The summed E-state index contributed by atoms with van der Waals surface area (Å²) >= 11 is 0. The van der Waals surface area contributed by atoms with E-state index in [9.17, 15) is 0 Å². The van der Waals surface area contributed by atoms with E-state index in [1.54, 1.807) is 7.11 Å². The molecule has 0 aliphatic heterocycles. The van der Waals surface area contributed by atoms with Gasteiger partial charge in [0.1, 0.15) is 0 Å². The van der Waals surface area contributed by atoms with Gasteiger partial charge in [-0.1, -0.05) is 18.2 Å². The molecular weight excluding hydrogens is 207 g/mol. The molecule has 0 aromatic heterocycles. The minimum atomic E-state index is -1.81. The Morgan fingerprint density at radius 1 is 0.933 bits per heavy atom. The Hall–Kier alpha value is -0.470. The Morgan fingerprint density at radius 3 is 1.73 bits per heavy atom. The number of rotatable bonds is 4. The van der Waals surface area contributed by atoms with Gasteiger partial charge in [0, 0.05) is 28.2 Å². The van der Waals surface area contributed by atoms with Crippen molar-refractivity contribution in [1.82, 2.24) is 9.34 Å². The van der Waals surface area contributed by atoms with Crippen LogP contribution in [0.5, 0.6) is 0 Å². The van der Waals surface area contributed by atoms with E-state index in [1.165, 1.54) is 5.30 Å². The van der Waals surface area contributed by atoms with Crippen molar-refractivity contribution >= 4 is 13.1 Å². The van der Waals surface area contributed by atoms with Crippen LogP contribution in [0.2, 0.25) is 0 Å². The number of nitrogens with zero attached hydrogens (tertiary/aromatic N) is 2. The van der Waals surface area contributed by atoms with Gasteiger partial charge < -0.3 is 0 Å². The van der Waals surface area contributed by atoms with E-state index in [1.807, 2.05) is 6.07 Å². The monoisotopic (exact) mass is 227 g/mol. The molecule has 0 aliphatic rings. The SMILES string of the molecule is CO[P+](c1ccccc1)(N(C)C)N(C)C. The molecule has 0 fully saturated rings. The van der Waals surface area contributed by atoms with Crippen molar-refractivity contribution in [3.05, 3.63) is 30.3 Å². The zero-order chi connectivity index (χ0) is 11.5. The summed E-state index contributed by atoms with van der Waals surface area (Å²) in [5.41, 5.74) is 0. The first-order valence-corrected chi connectivity index (χ1v) is 6.53. The van der Waals surface area contributed by atoms with Crippen molar-refractivity contribution in [3.8, 4) is 0 Å². The zero-order valence-corrected chi connectivity index (χ0v) is 11.0. The lowest BCUT2D eigenvalue weighted by molar-refractivity contribution is 0.355. The third-order valence-electron chi connectivity index (χ3n) is 2.43. The summed E-state index contributed by atoms with van der Waals surface area (Å²) in [4.78, 5) is 0. The summed E-state index contributed by atoms with van der Waals surface area (Å²) in [6, 6.07) is 10.4. The number of hydrogen-bond donors (Lipinski definition) is 0. The molecule has 0 unspecified atom stereocenters. The lowest BCUT2D eigenvalue weighted by atomic mass is 10.4. The molecule has 0 saturated heterocycles. The third-order valence-corrected chi connectivity index (χ3v) is 6.08. The summed E-state index contributed by atoms with van der Waals surface area (Å²) in [6.45, 7) is 0. The molecule has 4 heteroatoms. The molecule has 84 valence electrons. The molecule has 0 bridgehead atoms. The van der Waals surface area contributed by atoms with Crippen LogP contribution < -0.4 is 5.30 Å². The van der Waals surface area contributed by atoms with Crippen LogP contribution in [0, 0.1) is 0 Å². The average molecular weight is 227 g/mol. The van der Waals surface area contributed by atoms with Gasteiger partial charge >= 0.3 is 7.79 Å². The van der Waals surface area contributed by atoms with Crippen molar-refractivity contribution in [3.63, 3.8) is 0 Å². The fourth-order valence-electron chi connectivity index (χ4n) is 1.87. The van der Waals surface area contributed by atoms with Crippen LogP contribution in [0.1, 0.15) is 0 Å². The smallest absolute Gasteiger partial charge is 0.197 e. The lowest BCUT2D eigenvalue weighted by Gasteiger charge is -2.32. The molecular formula is C11H20N2OP+. The van der Waals surface area contributed by atoms with Gasteiger partial charge in [-0.2, -0.15) is 4.52 Å². The van der Waals surface area contributed by atoms with Crippen LogP contribution in [-0.2, 0) is 4.52 Å². The van der Waals surface area contributed by atoms with Crippen molar-refractivity contribution in [2.75, 3.05) is 35.3 Å². The van der Waals surface area contributed by atoms with E-state index < -0.39 is 7.79 Å². The van der Waals surface area contributed by atoms with E-state index in [0.717, 1.165) is 0 Å². The van der Waals surface area contributed by atoms with Crippen LogP contribution >= 0.6 is 7.79 Å². The van der Waals surface area contributed by atoms with Crippen molar-refractivity contribution in [1.29, 1.82) is 0 Å². The predicted molar refractivity (Wildman–Crippen MR) is 67.4 cm³/mol. The average Bonchev–Trinajstić information content (AvgIpc) is 2.20. The Labute approximate surface area is 93.2 Å². The fourth-order valence-corrected chi connectivity index (χ4v) is 4.94. The predicted octanol–water partition coefficient (Wildman–Crippen LogP) is 1.84. The van der Waals surface area contributed by atoms with Gasteiger partial charge in [-0.25, -0.2) is 0 Å². The molecule has 0 N–H and O–H groups in total. The minimum Gasteiger partial charge on any atom is -0.197 e. The van der Waals surface area contributed by atoms with E-state index in [-0.39, 0.29) is 0 Å². The molecule has 1 aromatic carbocycles. The highest BCUT2D eigenvalue weighted by Gasteiger charge is 2.48. The summed E-state index contributed by atoms with van der Waals surface area (Å²) in [7, 11) is 8.21. The molecule has 0 heterocycles. The highest BCUT2D eigenvalue weighted by Crippen LogP contribution is 2.60. The van der Waals surface area contributed by atoms with Gasteiger partial charge in [0.15, 0.2) is 5.30 Å². The molecule has 15 heavy (non-hydrogen) atoms. The quantitative estimate of drug-likeness (QED) is 0.730. The molecule has 0 atom stereocenters. The second-order valence-electron chi connectivity index (χ2n) is 3.76. The summed E-state index contributed by atoms with van der Waals surface area (Å²) in [5, 5.41) is 1.24. The Morgan fingerprint density at radius 2 is 1.40 bits per heavy atom. The van der Waals surface area contributed by atoms with E-state index in [0.29, 0.717) is 0 Å². The van der Waals surface area contributed by atoms with Crippen LogP contribution in [0.4, 0.5) is 0 Å². The molecule has 0 amide bonds. The first-order valence-electron chi connectivity index (χ1n) is 4.91. The Bertz CT molecular complexity index is 293. The second kappa shape index (κ2) is 5.04. The fraction of sp³-hybridized carbons (Fsp3) is 0.455. The first-order chi connectivity index (χ1) is 7.05. The van der Waals surface area contributed by atoms with Crippen LogP contribution in [0.3, 0.4) is 0 Å². The topological polar surface area (TPSA) is 15.7 Å². The molecule has 0 aliphatic carbocycles. The van der Waals surface area contributed by atoms with Gasteiger partial charge in [0.25, 0.3) is 0 Å². The van der Waals surface area contributed by atoms with Crippen molar-refractivity contribution < 1.29 is 4.52 Å². The van der Waals surface area contributed by atoms with E-state index in [4.69, 9.17) is 4.52 Å². The van der Waals surface area contributed by atoms with Gasteiger partial charge in [-0.05, 0) is 12.1 Å². The van der Waals surface area contributed by atoms with Gasteiger partial charge in [0.2, 0.25) is 0 Å². The summed E-state index contributed by atoms with van der Waals surface area (Å²) in [5.74, 6) is 0. The zero-order valence-electron chi connectivity index (χ0n) is 10.1. The maximum Gasteiger partial charge on any atom is 0.322 e. The molecule has 1 rings (SSSR count). The van der Waals surface area contributed by atoms with Crippen LogP contribution in [-0.4, -0.2) is 44.6 Å². The molecule has 0 saturated carbocycles. The van der Waals surface area contributed by atoms with Crippen LogP contribution in [0.25, 0.3) is 0 Å². The molecule has 3 nitrogen and oxygen atoms in total. The second-order valence-corrected chi connectivity index (χ2v) is 7.33. The molecule has 0 spiro atoms. The normalized spacial score (nSPS) is 12.5. The number of hydrogen-bond acceptors (Lipinski definition) is 3. The van der Waals surface area contributed by atoms with Crippen LogP contribution in [0.15, 0.2) is 30.3 Å². The Kier molecular flexibility index (Phi) is 4.23. The highest BCUT2D eigenvalue weighted by molar-refractivity contribution is 7.74. The van der Waals surface area contributed by atoms with Gasteiger partial charge in [-0.3, -0.25) is 0 Å². The van der Waals surface area contributed by atoms with E-state index >= 15 is 0 Å². The maximum absolute atomic E-state index is 5.81. The Balaban J connectivity index is 3.22. The standard InChI is InChI=1S/C11H20N2OP/c1-12(2)15(14-5,13(3)4)11-9-7-6-8-10-11/h6-10H,1-5H3/q+1. The van der Waals surface area contributed by atoms with Gasteiger partial charge in [0.05, 0.1) is 7.11 Å². The third kappa shape index (κ3) is 2.21. The first kappa shape index (κ1) is 12.6. The van der Waals surface area contributed by atoms with Crippen molar-refractivity contribution in [2.45, 2.75) is 0 Å². The molecule has 0 radical (unpaired) electrons. The lowest BCUT2D eigenvalue weighted by Crippen LogP contribution is -2.35. The maximum atomic E-state index is 5.81. The largest absolute Gasteiger partial charge is 0.322 e. The highest BCUT2D eigenvalue weighted by atomic mass is 31.2. The van der Waals surface area contributed by atoms with E-state index in [2.05, 4.69) is 61.8 Å². The minimum absolute atomic E-state index is 1.24. The molecule has 1 aromatic rings. The summed E-state index contributed by atoms with van der Waals surface area (Å²) in [6.07, 6.45) is 0. The van der Waals surface area contributed by atoms with Gasteiger partial charge in [-0.15, -0.1) is 9.34 Å². The summed E-state index contributed by atoms with van der Waals surface area (Å²) < 4.78 is 10.1.